The van der Waals surface area contributed by atoms with Crippen molar-refractivity contribution < 1.29 is 14.3 Å². The quantitative estimate of drug-likeness (QED) is 0.687. The lowest BCUT2D eigenvalue weighted by Gasteiger charge is -2.35. The van der Waals surface area contributed by atoms with Crippen LogP contribution in [0.4, 0.5) is 4.79 Å². The lowest BCUT2D eigenvalue weighted by molar-refractivity contribution is -0.135. The predicted octanol–water partition coefficient (Wildman–Crippen LogP) is -0.776. The highest BCUT2D eigenvalue weighted by molar-refractivity contribution is 5.78. The molecular weight excluding hydrogens is 248 g/mol. The standard InChI is InChI=1S/C12H24N4O3/c1-3-14-12(18)16-6-4-15(5-7-16)11(17)8-10(9-13)19-2/h10H,3-9,13H2,1-2H3,(H,14,18). The molecule has 1 aliphatic rings. The molecule has 3 amide bonds. The summed E-state index contributed by atoms with van der Waals surface area (Å²) in [5.74, 6) is 0.0350. The van der Waals surface area contributed by atoms with Crippen molar-refractivity contribution in [2.24, 2.45) is 5.73 Å². The van der Waals surface area contributed by atoms with Crippen molar-refractivity contribution in [1.29, 1.82) is 0 Å². The summed E-state index contributed by atoms with van der Waals surface area (Å²) in [6.45, 7) is 5.10. The summed E-state index contributed by atoms with van der Waals surface area (Å²) < 4.78 is 5.11. The highest BCUT2D eigenvalue weighted by Gasteiger charge is 2.25. The highest BCUT2D eigenvalue weighted by atomic mass is 16.5. The zero-order valence-corrected chi connectivity index (χ0v) is 11.7. The summed E-state index contributed by atoms with van der Waals surface area (Å²) in [6, 6.07) is -0.0636. The van der Waals surface area contributed by atoms with Crippen LogP contribution in [0.25, 0.3) is 0 Å². The van der Waals surface area contributed by atoms with E-state index >= 15 is 0 Å². The molecular formula is C12H24N4O3. The minimum Gasteiger partial charge on any atom is -0.380 e. The fourth-order valence-electron chi connectivity index (χ4n) is 2.01. The van der Waals surface area contributed by atoms with E-state index in [0.29, 0.717) is 45.7 Å². The smallest absolute Gasteiger partial charge is 0.317 e. The van der Waals surface area contributed by atoms with Gasteiger partial charge in [0.15, 0.2) is 0 Å². The van der Waals surface area contributed by atoms with Crippen LogP contribution in [0.3, 0.4) is 0 Å². The Morgan fingerprint density at radius 1 is 1.26 bits per heavy atom. The molecule has 0 aromatic carbocycles. The fraction of sp³-hybridized carbons (Fsp3) is 0.833. The van der Waals surface area contributed by atoms with Crippen molar-refractivity contribution in [3.05, 3.63) is 0 Å². The van der Waals surface area contributed by atoms with Gasteiger partial charge in [-0.25, -0.2) is 4.79 Å². The third-order valence-electron chi connectivity index (χ3n) is 3.25. The van der Waals surface area contributed by atoms with Crippen LogP contribution < -0.4 is 11.1 Å². The second kappa shape index (κ2) is 7.96. The number of piperazine rings is 1. The number of urea groups is 1. The number of amides is 3. The minimum atomic E-state index is -0.228. The van der Waals surface area contributed by atoms with E-state index in [1.807, 2.05) is 6.92 Å². The molecule has 1 heterocycles. The summed E-state index contributed by atoms with van der Waals surface area (Å²) in [7, 11) is 1.55. The van der Waals surface area contributed by atoms with Crippen molar-refractivity contribution in [3.63, 3.8) is 0 Å². The van der Waals surface area contributed by atoms with Crippen molar-refractivity contribution in [1.82, 2.24) is 15.1 Å². The first-order chi connectivity index (χ1) is 9.12. The zero-order valence-electron chi connectivity index (χ0n) is 11.7. The first kappa shape index (κ1) is 15.7. The van der Waals surface area contributed by atoms with Crippen LogP contribution in [-0.4, -0.2) is 74.2 Å². The second-order valence-electron chi connectivity index (χ2n) is 4.50. The van der Waals surface area contributed by atoms with E-state index < -0.39 is 0 Å². The molecule has 7 heteroatoms. The fourth-order valence-corrected chi connectivity index (χ4v) is 2.01. The van der Waals surface area contributed by atoms with Gasteiger partial charge in [-0.15, -0.1) is 0 Å². The van der Waals surface area contributed by atoms with Crippen LogP contribution in [0.2, 0.25) is 0 Å². The molecule has 1 atom stereocenters. The van der Waals surface area contributed by atoms with Gasteiger partial charge in [0.1, 0.15) is 0 Å². The van der Waals surface area contributed by atoms with E-state index in [9.17, 15) is 9.59 Å². The van der Waals surface area contributed by atoms with Gasteiger partial charge >= 0.3 is 6.03 Å². The number of nitrogens with two attached hydrogens (primary N) is 1. The molecule has 1 aliphatic heterocycles. The zero-order chi connectivity index (χ0) is 14.3. The first-order valence-electron chi connectivity index (χ1n) is 6.65. The van der Waals surface area contributed by atoms with Crippen molar-refractivity contribution in [2.45, 2.75) is 19.4 Å². The maximum absolute atomic E-state index is 12.0. The number of carbonyl (C=O) groups is 2. The van der Waals surface area contributed by atoms with Gasteiger partial charge in [-0.3, -0.25) is 4.79 Å². The monoisotopic (exact) mass is 272 g/mol. The van der Waals surface area contributed by atoms with Crippen molar-refractivity contribution >= 4 is 11.9 Å². The molecule has 0 bridgehead atoms. The number of methoxy groups -OCH3 is 1. The average molecular weight is 272 g/mol. The largest absolute Gasteiger partial charge is 0.380 e. The van der Waals surface area contributed by atoms with Gasteiger partial charge in [0.2, 0.25) is 5.91 Å². The summed E-state index contributed by atoms with van der Waals surface area (Å²) in [5.41, 5.74) is 5.50. The normalized spacial score (nSPS) is 17.2. The number of carbonyl (C=O) groups excluding carboxylic acids is 2. The molecule has 110 valence electrons. The van der Waals surface area contributed by atoms with Crippen LogP contribution in [-0.2, 0) is 9.53 Å². The molecule has 0 aliphatic carbocycles. The Labute approximate surface area is 114 Å². The van der Waals surface area contributed by atoms with Gasteiger partial charge < -0.3 is 25.6 Å². The number of hydrogen-bond donors (Lipinski definition) is 2. The SMILES string of the molecule is CCNC(=O)N1CCN(C(=O)CC(CN)OC)CC1. The Kier molecular flexibility index (Phi) is 6.58. The van der Waals surface area contributed by atoms with Gasteiger partial charge in [0, 0.05) is 46.4 Å². The molecule has 0 aromatic rings. The summed E-state index contributed by atoms with van der Waals surface area (Å²) in [6.07, 6.45) is 0.0719. The molecule has 1 rings (SSSR count). The van der Waals surface area contributed by atoms with Crippen molar-refractivity contribution in [2.75, 3.05) is 46.4 Å². The van der Waals surface area contributed by atoms with Crippen LogP contribution in [0.15, 0.2) is 0 Å². The Morgan fingerprint density at radius 2 is 1.84 bits per heavy atom. The minimum absolute atomic E-state index is 0.0350. The van der Waals surface area contributed by atoms with Crippen LogP contribution in [0.5, 0.6) is 0 Å². The predicted molar refractivity (Wildman–Crippen MR) is 71.7 cm³/mol. The highest BCUT2D eigenvalue weighted by Crippen LogP contribution is 2.06. The van der Waals surface area contributed by atoms with Gasteiger partial charge in [-0.2, -0.15) is 0 Å². The van der Waals surface area contributed by atoms with Crippen molar-refractivity contribution in [3.8, 4) is 0 Å². The maximum atomic E-state index is 12.0. The van der Waals surface area contributed by atoms with Crippen LogP contribution >= 0.6 is 0 Å². The molecule has 3 N–H and O–H groups in total. The molecule has 7 nitrogen and oxygen atoms in total. The number of nitrogens with zero attached hydrogens (tertiary/aromatic N) is 2. The topological polar surface area (TPSA) is 87.9 Å². The third kappa shape index (κ3) is 4.68. The molecule has 0 saturated carbocycles. The number of rotatable bonds is 5. The van der Waals surface area contributed by atoms with Gasteiger partial charge in [0.25, 0.3) is 0 Å². The Balaban J connectivity index is 2.36. The number of ether oxygens (including phenoxy) is 1. The van der Waals surface area contributed by atoms with E-state index in [1.54, 1.807) is 16.9 Å². The first-order valence-corrected chi connectivity index (χ1v) is 6.65. The lowest BCUT2D eigenvalue weighted by atomic mass is 10.2. The molecule has 1 fully saturated rings. The number of hydrogen-bond acceptors (Lipinski definition) is 4. The van der Waals surface area contributed by atoms with E-state index in [1.165, 1.54) is 0 Å². The number of nitrogens with one attached hydrogen (secondary N) is 1. The van der Waals surface area contributed by atoms with Gasteiger partial charge in [-0.1, -0.05) is 0 Å². The van der Waals surface area contributed by atoms with E-state index in [-0.39, 0.29) is 18.0 Å². The Morgan fingerprint density at radius 3 is 2.32 bits per heavy atom. The molecule has 0 spiro atoms. The summed E-state index contributed by atoms with van der Waals surface area (Å²) >= 11 is 0. The molecule has 1 saturated heterocycles. The lowest BCUT2D eigenvalue weighted by Crippen LogP contribution is -2.53. The van der Waals surface area contributed by atoms with Crippen LogP contribution in [0, 0.1) is 0 Å². The third-order valence-corrected chi connectivity index (χ3v) is 3.25. The molecule has 0 radical (unpaired) electrons. The van der Waals surface area contributed by atoms with E-state index in [0.717, 1.165) is 0 Å². The summed E-state index contributed by atoms with van der Waals surface area (Å²) in [4.78, 5) is 27.1. The van der Waals surface area contributed by atoms with Gasteiger partial charge in [0.05, 0.1) is 12.5 Å². The van der Waals surface area contributed by atoms with Gasteiger partial charge in [-0.05, 0) is 6.92 Å². The Hall–Kier alpha value is -1.34. The second-order valence-corrected chi connectivity index (χ2v) is 4.50. The van der Waals surface area contributed by atoms with E-state index in [4.69, 9.17) is 10.5 Å². The van der Waals surface area contributed by atoms with Crippen LogP contribution in [0.1, 0.15) is 13.3 Å². The summed E-state index contributed by atoms with van der Waals surface area (Å²) in [5, 5.41) is 2.76. The average Bonchev–Trinajstić information content (AvgIpc) is 2.45. The molecule has 19 heavy (non-hydrogen) atoms. The molecule has 0 aromatic heterocycles. The Bertz CT molecular complexity index is 299. The molecule has 1 unspecified atom stereocenters. The maximum Gasteiger partial charge on any atom is 0.317 e. The van der Waals surface area contributed by atoms with E-state index in [2.05, 4.69) is 5.32 Å².